The minimum Gasteiger partial charge on any atom is -0.413 e. The lowest BCUT2D eigenvalue weighted by Crippen LogP contribution is -2.40. The summed E-state index contributed by atoms with van der Waals surface area (Å²) in [5.74, 6) is 0.543. The molecule has 0 aliphatic carbocycles. The molecule has 1 aromatic carbocycles. The van der Waals surface area contributed by atoms with Gasteiger partial charge in [0.2, 0.25) is 0 Å². The lowest BCUT2D eigenvalue weighted by molar-refractivity contribution is 0.276. The second-order valence-corrected chi connectivity index (χ2v) is 12.6. The lowest BCUT2D eigenvalue weighted by Gasteiger charge is -2.36. The molecule has 0 aliphatic heterocycles. The van der Waals surface area contributed by atoms with Gasteiger partial charge >= 0.3 is 0 Å². The van der Waals surface area contributed by atoms with Gasteiger partial charge in [-0.3, -0.25) is 0 Å². The predicted octanol–water partition coefficient (Wildman–Crippen LogP) is 4.83. The first kappa shape index (κ1) is 18.4. The van der Waals surface area contributed by atoms with Crippen molar-refractivity contribution in [3.8, 4) is 0 Å². The highest BCUT2D eigenvalue weighted by atomic mass is 28.4. The van der Waals surface area contributed by atoms with Gasteiger partial charge in [0.05, 0.1) is 6.61 Å². The molecule has 0 unspecified atom stereocenters. The highest BCUT2D eigenvalue weighted by Gasteiger charge is 2.37. The van der Waals surface area contributed by atoms with Gasteiger partial charge < -0.3 is 10.2 Å². The quantitative estimate of drug-likeness (QED) is 0.764. The SMILES string of the molecule is CC(C)c1ccc(CO[Si](C)(C)C(C)(C)C)cc1CCN. The van der Waals surface area contributed by atoms with Crippen LogP contribution in [0.4, 0.5) is 0 Å². The third-order valence-electron chi connectivity index (χ3n) is 4.65. The maximum Gasteiger partial charge on any atom is 0.192 e. The number of benzene rings is 1. The van der Waals surface area contributed by atoms with Crippen molar-refractivity contribution in [3.05, 3.63) is 34.9 Å². The van der Waals surface area contributed by atoms with Gasteiger partial charge in [-0.25, -0.2) is 0 Å². The molecule has 2 N–H and O–H groups in total. The van der Waals surface area contributed by atoms with Crippen LogP contribution in [0.3, 0.4) is 0 Å². The minimum atomic E-state index is -1.68. The number of hydrogen-bond donors (Lipinski definition) is 1. The van der Waals surface area contributed by atoms with E-state index in [0.717, 1.165) is 6.42 Å². The summed E-state index contributed by atoms with van der Waals surface area (Å²) in [6, 6.07) is 6.75. The molecule has 0 saturated heterocycles. The molecule has 0 amide bonds. The van der Waals surface area contributed by atoms with Gasteiger partial charge in [0.15, 0.2) is 8.32 Å². The molecule has 120 valence electrons. The van der Waals surface area contributed by atoms with Crippen LogP contribution in [0.15, 0.2) is 18.2 Å². The first-order valence-electron chi connectivity index (χ1n) is 8.04. The van der Waals surface area contributed by atoms with Gasteiger partial charge in [-0.2, -0.15) is 0 Å². The van der Waals surface area contributed by atoms with Crippen molar-refractivity contribution in [2.45, 2.75) is 71.7 Å². The fraction of sp³-hybridized carbons (Fsp3) is 0.667. The summed E-state index contributed by atoms with van der Waals surface area (Å²) < 4.78 is 6.32. The Kier molecular flexibility index (Phi) is 6.20. The monoisotopic (exact) mass is 307 g/mol. The van der Waals surface area contributed by atoms with Gasteiger partial charge in [-0.05, 0) is 53.7 Å². The lowest BCUT2D eigenvalue weighted by atomic mass is 9.93. The molecule has 21 heavy (non-hydrogen) atoms. The number of hydrogen-bond acceptors (Lipinski definition) is 2. The summed E-state index contributed by atoms with van der Waals surface area (Å²) in [5, 5.41) is 0.255. The number of rotatable bonds is 6. The summed E-state index contributed by atoms with van der Waals surface area (Å²) in [6.45, 7) is 17.3. The average molecular weight is 308 g/mol. The zero-order valence-corrected chi connectivity index (χ0v) is 15.9. The van der Waals surface area contributed by atoms with E-state index in [2.05, 4.69) is 65.9 Å². The molecule has 0 saturated carbocycles. The standard InChI is InChI=1S/C18H33NOSi/c1-14(2)17-9-8-15(12-16(17)10-11-19)13-20-21(6,7)18(3,4)5/h8-9,12,14H,10-11,13,19H2,1-7H3. The first-order chi connectivity index (χ1) is 9.58. The van der Waals surface area contributed by atoms with Crippen LogP contribution in [0, 0.1) is 0 Å². The van der Waals surface area contributed by atoms with Crippen molar-refractivity contribution in [1.82, 2.24) is 0 Å². The van der Waals surface area contributed by atoms with E-state index in [4.69, 9.17) is 10.2 Å². The second kappa shape index (κ2) is 7.08. The van der Waals surface area contributed by atoms with E-state index in [1.54, 1.807) is 0 Å². The summed E-state index contributed by atoms with van der Waals surface area (Å²) in [5.41, 5.74) is 9.82. The van der Waals surface area contributed by atoms with E-state index in [0.29, 0.717) is 19.1 Å². The number of nitrogens with two attached hydrogens (primary N) is 1. The van der Waals surface area contributed by atoms with Crippen LogP contribution in [-0.4, -0.2) is 14.9 Å². The van der Waals surface area contributed by atoms with Gasteiger partial charge in [0, 0.05) is 0 Å². The van der Waals surface area contributed by atoms with E-state index in [9.17, 15) is 0 Å². The van der Waals surface area contributed by atoms with Crippen LogP contribution < -0.4 is 5.73 Å². The first-order valence-corrected chi connectivity index (χ1v) is 10.9. The Bertz CT molecular complexity index is 461. The third kappa shape index (κ3) is 4.94. The van der Waals surface area contributed by atoms with Crippen molar-refractivity contribution in [3.63, 3.8) is 0 Å². The smallest absolute Gasteiger partial charge is 0.192 e. The Hall–Kier alpha value is -0.643. The highest BCUT2D eigenvalue weighted by molar-refractivity contribution is 6.74. The maximum absolute atomic E-state index is 6.32. The fourth-order valence-electron chi connectivity index (χ4n) is 2.16. The molecular formula is C18H33NOSi. The molecule has 0 atom stereocenters. The molecule has 0 bridgehead atoms. The largest absolute Gasteiger partial charge is 0.413 e. The Balaban J connectivity index is 2.88. The summed E-state index contributed by atoms with van der Waals surface area (Å²) in [6.07, 6.45) is 0.946. The molecule has 3 heteroatoms. The van der Waals surface area contributed by atoms with Crippen molar-refractivity contribution in [1.29, 1.82) is 0 Å². The van der Waals surface area contributed by atoms with E-state index >= 15 is 0 Å². The van der Waals surface area contributed by atoms with Crippen molar-refractivity contribution < 1.29 is 4.43 Å². The van der Waals surface area contributed by atoms with Gasteiger partial charge in [0.25, 0.3) is 0 Å². The molecule has 0 spiro atoms. The van der Waals surface area contributed by atoms with Gasteiger partial charge in [-0.15, -0.1) is 0 Å². The van der Waals surface area contributed by atoms with Crippen molar-refractivity contribution >= 4 is 8.32 Å². The Morgan fingerprint density at radius 1 is 1.19 bits per heavy atom. The van der Waals surface area contributed by atoms with Crippen LogP contribution >= 0.6 is 0 Å². The molecule has 0 heterocycles. The van der Waals surface area contributed by atoms with Crippen LogP contribution in [0.5, 0.6) is 0 Å². The van der Waals surface area contributed by atoms with Gasteiger partial charge in [-0.1, -0.05) is 52.8 Å². The van der Waals surface area contributed by atoms with E-state index in [1.807, 2.05) is 0 Å². The molecule has 0 fully saturated rings. The maximum atomic E-state index is 6.32. The Morgan fingerprint density at radius 2 is 1.81 bits per heavy atom. The molecule has 2 nitrogen and oxygen atoms in total. The van der Waals surface area contributed by atoms with Crippen LogP contribution in [0.1, 0.15) is 57.2 Å². The van der Waals surface area contributed by atoms with E-state index in [-0.39, 0.29) is 5.04 Å². The van der Waals surface area contributed by atoms with Crippen molar-refractivity contribution in [2.24, 2.45) is 5.73 Å². The molecular weight excluding hydrogens is 274 g/mol. The van der Waals surface area contributed by atoms with Crippen LogP contribution in [0.2, 0.25) is 18.1 Å². The average Bonchev–Trinajstić information content (AvgIpc) is 2.35. The van der Waals surface area contributed by atoms with E-state index in [1.165, 1.54) is 16.7 Å². The normalized spacial score (nSPS) is 13.0. The van der Waals surface area contributed by atoms with Crippen LogP contribution in [-0.2, 0) is 17.5 Å². The molecule has 0 aliphatic rings. The second-order valence-electron chi connectivity index (χ2n) is 7.78. The summed E-state index contributed by atoms with van der Waals surface area (Å²) in [4.78, 5) is 0. The molecule has 1 rings (SSSR count). The van der Waals surface area contributed by atoms with Crippen LogP contribution in [0.25, 0.3) is 0 Å². The minimum absolute atomic E-state index is 0.255. The van der Waals surface area contributed by atoms with Crippen molar-refractivity contribution in [2.75, 3.05) is 6.54 Å². The molecule has 1 aromatic rings. The Labute approximate surface area is 132 Å². The zero-order chi connectivity index (χ0) is 16.3. The van der Waals surface area contributed by atoms with E-state index < -0.39 is 8.32 Å². The third-order valence-corrected chi connectivity index (χ3v) is 9.13. The van der Waals surface area contributed by atoms with Gasteiger partial charge in [0.1, 0.15) is 0 Å². The molecule has 0 aromatic heterocycles. The Morgan fingerprint density at radius 3 is 2.29 bits per heavy atom. The summed E-state index contributed by atoms with van der Waals surface area (Å²) in [7, 11) is -1.68. The molecule has 0 radical (unpaired) electrons. The topological polar surface area (TPSA) is 35.2 Å². The summed E-state index contributed by atoms with van der Waals surface area (Å²) >= 11 is 0. The predicted molar refractivity (Wildman–Crippen MR) is 95.3 cm³/mol. The fourth-order valence-corrected chi connectivity index (χ4v) is 3.12. The zero-order valence-electron chi connectivity index (χ0n) is 14.9. The highest BCUT2D eigenvalue weighted by Crippen LogP contribution is 2.37.